The Balaban J connectivity index is 1.65. The van der Waals surface area contributed by atoms with Gasteiger partial charge in [-0.05, 0) is 66.6 Å². The Hall–Kier alpha value is -4.38. The van der Waals surface area contributed by atoms with Crippen LogP contribution in [0.4, 0.5) is 20.4 Å². The van der Waals surface area contributed by atoms with Gasteiger partial charge in [0.1, 0.15) is 27.1 Å². The quantitative estimate of drug-likeness (QED) is 0.281. The van der Waals surface area contributed by atoms with E-state index in [1.165, 1.54) is 12.1 Å². The number of amides is 1. The number of nitrogens with one attached hydrogen (secondary N) is 1. The Bertz CT molecular complexity index is 1630. The van der Waals surface area contributed by atoms with Gasteiger partial charge in [-0.25, -0.2) is 13.8 Å². The third-order valence-electron chi connectivity index (χ3n) is 5.76. The number of nitrogens with two attached hydrogens (primary N) is 1. The summed E-state index contributed by atoms with van der Waals surface area (Å²) in [5.41, 5.74) is 8.35. The highest BCUT2D eigenvalue weighted by Crippen LogP contribution is 2.42. The van der Waals surface area contributed by atoms with Crippen LogP contribution in [0.2, 0.25) is 0 Å². The van der Waals surface area contributed by atoms with E-state index in [2.05, 4.69) is 10.6 Å². The first kappa shape index (κ1) is 24.3. The van der Waals surface area contributed by atoms with Crippen LogP contribution in [0.15, 0.2) is 59.3 Å². The van der Waals surface area contributed by atoms with E-state index in [9.17, 15) is 13.6 Å². The van der Waals surface area contributed by atoms with Gasteiger partial charge in [0.05, 0.1) is 18.5 Å². The molecule has 8 nitrogen and oxygen atoms in total. The van der Waals surface area contributed by atoms with Gasteiger partial charge in [0, 0.05) is 22.6 Å². The Kier molecular flexibility index (Phi) is 6.30. The minimum absolute atomic E-state index is 0.0394. The molecule has 0 bridgehead atoms. The van der Waals surface area contributed by atoms with Crippen LogP contribution in [0.25, 0.3) is 32.6 Å². The summed E-state index contributed by atoms with van der Waals surface area (Å²) >= 11 is 1.06. The number of nitrogens with zero attached hydrogens (tertiary/aromatic N) is 3. The van der Waals surface area contributed by atoms with Crippen LogP contribution < -0.4 is 20.5 Å². The second-order valence-electron chi connectivity index (χ2n) is 8.53. The maximum atomic E-state index is 14.9. The molecule has 0 aliphatic rings. The van der Waals surface area contributed by atoms with E-state index < -0.39 is 17.5 Å². The molecule has 5 aromatic rings. The fraction of sp³-hybridized carbons (Fsp3) is 0.154. The minimum Gasteiger partial charge on any atom is -0.497 e. The van der Waals surface area contributed by atoms with Crippen LogP contribution in [0.1, 0.15) is 29.6 Å². The van der Waals surface area contributed by atoms with Crippen molar-refractivity contribution in [2.24, 2.45) is 0 Å². The number of pyridine rings is 1. The first-order valence-corrected chi connectivity index (χ1v) is 12.1. The standard InChI is InChI=1S/C26H21F2N5O3S/c1-13(2)33-12-21(36-32-33)31-25(34)24-23(29)22-18(17-9-6-15(27)10-19(17)28)11-20(30-26(22)37-24)14-4-7-16(35-3)8-5-14/h4-13H,1-3H3,(H2-,29,31,32,34)/p+1. The van der Waals surface area contributed by atoms with E-state index in [1.807, 2.05) is 26.0 Å². The number of halogens is 2. The zero-order chi connectivity index (χ0) is 26.3. The summed E-state index contributed by atoms with van der Waals surface area (Å²) in [5.74, 6) is -1.17. The van der Waals surface area contributed by atoms with Gasteiger partial charge in [0.25, 0.3) is 12.1 Å². The third kappa shape index (κ3) is 4.60. The predicted molar refractivity (Wildman–Crippen MR) is 136 cm³/mol. The van der Waals surface area contributed by atoms with Crippen LogP contribution in [0.5, 0.6) is 5.75 Å². The largest absolute Gasteiger partial charge is 0.497 e. The van der Waals surface area contributed by atoms with Gasteiger partial charge in [-0.1, -0.05) is 0 Å². The Morgan fingerprint density at radius 2 is 1.89 bits per heavy atom. The molecule has 188 valence electrons. The number of methoxy groups -OCH3 is 1. The van der Waals surface area contributed by atoms with E-state index in [1.54, 1.807) is 36.2 Å². The summed E-state index contributed by atoms with van der Waals surface area (Å²) in [6, 6.07) is 12.2. The Morgan fingerprint density at radius 3 is 2.54 bits per heavy atom. The second-order valence-corrected chi connectivity index (χ2v) is 9.53. The third-order valence-corrected chi connectivity index (χ3v) is 6.86. The van der Waals surface area contributed by atoms with Gasteiger partial charge in [0.2, 0.25) is 5.27 Å². The van der Waals surface area contributed by atoms with Gasteiger partial charge in [-0.3, -0.25) is 14.6 Å². The number of thiophene rings is 1. The molecule has 1 amide bonds. The molecule has 11 heteroatoms. The normalized spacial score (nSPS) is 11.3. The lowest BCUT2D eigenvalue weighted by molar-refractivity contribution is -0.779. The van der Waals surface area contributed by atoms with Gasteiger partial charge >= 0.3 is 5.88 Å². The maximum Gasteiger partial charge on any atom is 0.302 e. The van der Waals surface area contributed by atoms with E-state index in [-0.39, 0.29) is 28.1 Å². The Labute approximate surface area is 214 Å². The van der Waals surface area contributed by atoms with Crippen LogP contribution in [0, 0.1) is 11.6 Å². The average Bonchev–Trinajstić information content (AvgIpc) is 3.48. The molecule has 0 aliphatic heterocycles. The van der Waals surface area contributed by atoms with E-state index >= 15 is 0 Å². The first-order chi connectivity index (χ1) is 17.7. The number of rotatable bonds is 6. The molecule has 0 aliphatic carbocycles. The lowest BCUT2D eigenvalue weighted by Crippen LogP contribution is -2.36. The second kappa shape index (κ2) is 9.58. The summed E-state index contributed by atoms with van der Waals surface area (Å²) in [7, 11) is 1.57. The fourth-order valence-corrected chi connectivity index (χ4v) is 4.86. The van der Waals surface area contributed by atoms with Crippen molar-refractivity contribution >= 4 is 39.0 Å². The van der Waals surface area contributed by atoms with Crippen molar-refractivity contribution in [3.8, 4) is 28.1 Å². The number of anilines is 2. The zero-order valence-electron chi connectivity index (χ0n) is 20.1. The molecule has 0 fully saturated rings. The van der Waals surface area contributed by atoms with Crippen molar-refractivity contribution in [1.82, 2.24) is 10.3 Å². The highest BCUT2D eigenvalue weighted by molar-refractivity contribution is 7.21. The summed E-state index contributed by atoms with van der Waals surface area (Å²) < 4.78 is 40.6. The summed E-state index contributed by atoms with van der Waals surface area (Å²) in [6.07, 6.45) is 1.56. The molecule has 3 aromatic heterocycles. The SMILES string of the molecule is COc1ccc(-c2cc(-c3ccc(F)cc3F)c3c(N)c(C(=O)Nc4c[n+](C(C)C)no4)sc3n2)cc1. The average molecular weight is 523 g/mol. The first-order valence-electron chi connectivity index (χ1n) is 11.3. The molecule has 2 aromatic carbocycles. The molecule has 0 unspecified atom stereocenters. The van der Waals surface area contributed by atoms with Crippen molar-refractivity contribution < 1.29 is 27.5 Å². The summed E-state index contributed by atoms with van der Waals surface area (Å²) in [4.78, 5) is 18.4. The van der Waals surface area contributed by atoms with Crippen molar-refractivity contribution in [3.05, 3.63) is 71.2 Å². The molecule has 5 rings (SSSR count). The maximum absolute atomic E-state index is 14.9. The fourth-order valence-electron chi connectivity index (χ4n) is 3.85. The number of aromatic nitrogens is 3. The van der Waals surface area contributed by atoms with Gasteiger partial charge in [-0.2, -0.15) is 0 Å². The lowest BCUT2D eigenvalue weighted by atomic mass is 9.99. The number of carbonyl (C=O) groups is 1. The van der Waals surface area contributed by atoms with Crippen LogP contribution >= 0.6 is 11.3 Å². The van der Waals surface area contributed by atoms with Gasteiger partial charge in [0.15, 0.2) is 6.04 Å². The van der Waals surface area contributed by atoms with Gasteiger partial charge < -0.3 is 10.5 Å². The topological polar surface area (TPSA) is 107 Å². The highest BCUT2D eigenvalue weighted by Gasteiger charge is 2.25. The number of fused-ring (bicyclic) bond motifs is 1. The number of nitrogen functional groups attached to an aromatic ring is 1. The number of hydrogen-bond acceptors (Lipinski definition) is 7. The molecule has 0 saturated carbocycles. The lowest BCUT2D eigenvalue weighted by Gasteiger charge is -2.10. The number of hydrogen-bond donors (Lipinski definition) is 2. The smallest absolute Gasteiger partial charge is 0.302 e. The molecule has 0 radical (unpaired) electrons. The highest BCUT2D eigenvalue weighted by atomic mass is 32.1. The summed E-state index contributed by atoms with van der Waals surface area (Å²) in [6.45, 7) is 3.83. The molecule has 0 atom stereocenters. The molecular weight excluding hydrogens is 500 g/mol. The molecule has 0 spiro atoms. The van der Waals surface area contributed by atoms with Crippen LogP contribution in [-0.4, -0.2) is 23.3 Å². The monoisotopic (exact) mass is 522 g/mol. The Morgan fingerprint density at radius 1 is 1.14 bits per heavy atom. The zero-order valence-corrected chi connectivity index (χ0v) is 20.9. The molecule has 3 heterocycles. The summed E-state index contributed by atoms with van der Waals surface area (Å²) in [5, 5.41) is 6.91. The van der Waals surface area contributed by atoms with E-state index in [4.69, 9.17) is 20.0 Å². The number of ether oxygens (including phenoxy) is 1. The molecule has 0 saturated heterocycles. The van der Waals surface area contributed by atoms with Crippen LogP contribution in [-0.2, 0) is 0 Å². The predicted octanol–water partition coefficient (Wildman–Crippen LogP) is 5.61. The molecular formula is C26H22F2N5O3S+. The molecule has 3 N–H and O–H groups in total. The number of carbonyl (C=O) groups excluding carboxylic acids is 1. The number of benzene rings is 2. The van der Waals surface area contributed by atoms with E-state index in [0.29, 0.717) is 27.2 Å². The minimum atomic E-state index is -0.760. The van der Waals surface area contributed by atoms with E-state index in [0.717, 1.165) is 23.0 Å². The molecule has 37 heavy (non-hydrogen) atoms. The van der Waals surface area contributed by atoms with Crippen molar-refractivity contribution in [2.75, 3.05) is 18.2 Å². The van der Waals surface area contributed by atoms with Crippen molar-refractivity contribution in [1.29, 1.82) is 0 Å². The van der Waals surface area contributed by atoms with Crippen molar-refractivity contribution in [2.45, 2.75) is 19.9 Å². The van der Waals surface area contributed by atoms with Crippen LogP contribution in [0.3, 0.4) is 0 Å². The van der Waals surface area contributed by atoms with Gasteiger partial charge in [-0.15, -0.1) is 11.3 Å². The van der Waals surface area contributed by atoms with Crippen molar-refractivity contribution in [3.63, 3.8) is 0 Å².